The number of phenolic OH excluding ortho intramolecular Hbond substituents is 2. The van der Waals surface area contributed by atoms with Crippen molar-refractivity contribution in [2.24, 2.45) is 5.92 Å². The first-order valence-electron chi connectivity index (χ1n) is 7.92. The van der Waals surface area contributed by atoms with Crippen LogP contribution in [0.4, 0.5) is 0 Å². The van der Waals surface area contributed by atoms with Crippen LogP contribution >= 0.6 is 15.9 Å². The Balaban J connectivity index is 2.57. The highest BCUT2D eigenvalue weighted by atomic mass is 79.9. The van der Waals surface area contributed by atoms with E-state index in [1.54, 1.807) is 6.07 Å². The third-order valence-electron chi connectivity index (χ3n) is 4.56. The molecule has 1 aliphatic carbocycles. The molecule has 2 nitrogen and oxygen atoms in total. The van der Waals surface area contributed by atoms with Gasteiger partial charge in [0.05, 0.1) is 4.47 Å². The molecule has 0 amide bonds. The van der Waals surface area contributed by atoms with Crippen LogP contribution in [0.2, 0.25) is 0 Å². The standard InChI is InChI=1S/C19H25BrO2/c1-5-6-13-10-16(21)17(19(22)18(13)20)15-9-12(4)7-8-14(15)11(2)3/h9-10,14-15,21-22H,2,5-8H2,1,3-4H3/t14?,15-/m1/s1. The summed E-state index contributed by atoms with van der Waals surface area (Å²) in [6.45, 7) is 10.3. The summed E-state index contributed by atoms with van der Waals surface area (Å²) < 4.78 is 0.708. The molecule has 3 heteroatoms. The SMILES string of the molecule is C=C(C)C1CCC(C)=C[C@H]1c1c(O)cc(CCC)c(Br)c1O. The van der Waals surface area contributed by atoms with Gasteiger partial charge in [-0.15, -0.1) is 0 Å². The lowest BCUT2D eigenvalue weighted by molar-refractivity contribution is 0.404. The molecule has 1 aromatic carbocycles. The monoisotopic (exact) mass is 364 g/mol. The van der Waals surface area contributed by atoms with E-state index in [-0.39, 0.29) is 23.3 Å². The summed E-state index contributed by atoms with van der Waals surface area (Å²) in [5, 5.41) is 21.2. The number of allylic oxidation sites excluding steroid dienone is 3. The second-order valence-corrected chi connectivity index (χ2v) is 7.20. The lowest BCUT2D eigenvalue weighted by Crippen LogP contribution is -2.17. The van der Waals surface area contributed by atoms with E-state index in [2.05, 4.69) is 42.4 Å². The van der Waals surface area contributed by atoms with Crippen LogP contribution in [-0.4, -0.2) is 10.2 Å². The van der Waals surface area contributed by atoms with Crippen LogP contribution in [0.5, 0.6) is 11.5 Å². The van der Waals surface area contributed by atoms with Gasteiger partial charge in [-0.3, -0.25) is 0 Å². The molecular formula is C19H25BrO2. The van der Waals surface area contributed by atoms with Crippen molar-refractivity contribution in [1.82, 2.24) is 0 Å². The Bertz CT molecular complexity index is 616. The summed E-state index contributed by atoms with van der Waals surface area (Å²) in [5.74, 6) is 0.597. The molecule has 0 fully saturated rings. The number of halogens is 1. The van der Waals surface area contributed by atoms with Gasteiger partial charge in [0.2, 0.25) is 0 Å². The molecule has 1 aromatic rings. The molecular weight excluding hydrogens is 340 g/mol. The second-order valence-electron chi connectivity index (χ2n) is 6.41. The quantitative estimate of drug-likeness (QED) is 0.659. The topological polar surface area (TPSA) is 40.5 Å². The van der Waals surface area contributed by atoms with Crippen molar-refractivity contribution < 1.29 is 10.2 Å². The number of hydrogen-bond donors (Lipinski definition) is 2. The van der Waals surface area contributed by atoms with Crippen molar-refractivity contribution in [3.05, 3.63) is 45.5 Å². The van der Waals surface area contributed by atoms with Crippen molar-refractivity contribution in [2.45, 2.75) is 52.4 Å². The minimum Gasteiger partial charge on any atom is -0.507 e. The Morgan fingerprint density at radius 2 is 2.09 bits per heavy atom. The highest BCUT2D eigenvalue weighted by Crippen LogP contribution is 2.49. The zero-order chi connectivity index (χ0) is 16.4. The van der Waals surface area contributed by atoms with E-state index in [4.69, 9.17) is 0 Å². The smallest absolute Gasteiger partial charge is 0.137 e. The summed E-state index contributed by atoms with van der Waals surface area (Å²) >= 11 is 3.50. The van der Waals surface area contributed by atoms with Gasteiger partial charge in [-0.05, 0) is 66.6 Å². The maximum Gasteiger partial charge on any atom is 0.137 e. The molecule has 2 rings (SSSR count). The fourth-order valence-electron chi connectivity index (χ4n) is 3.38. The van der Waals surface area contributed by atoms with Gasteiger partial charge in [-0.25, -0.2) is 0 Å². The second kappa shape index (κ2) is 6.91. The summed E-state index contributed by atoms with van der Waals surface area (Å²) in [6.07, 6.45) is 6.02. The highest BCUT2D eigenvalue weighted by Gasteiger charge is 2.31. The van der Waals surface area contributed by atoms with Crippen molar-refractivity contribution in [3.8, 4) is 11.5 Å². The van der Waals surface area contributed by atoms with Gasteiger partial charge in [0.15, 0.2) is 0 Å². The van der Waals surface area contributed by atoms with Crippen LogP contribution in [0.1, 0.15) is 57.1 Å². The Kier molecular flexibility index (Phi) is 5.38. The van der Waals surface area contributed by atoms with Gasteiger partial charge in [-0.1, -0.05) is 37.1 Å². The van der Waals surface area contributed by atoms with Crippen LogP contribution in [0.25, 0.3) is 0 Å². The van der Waals surface area contributed by atoms with E-state index in [0.29, 0.717) is 10.0 Å². The fourth-order valence-corrected chi connectivity index (χ4v) is 3.91. The highest BCUT2D eigenvalue weighted by molar-refractivity contribution is 9.10. The molecule has 0 spiro atoms. The van der Waals surface area contributed by atoms with Crippen LogP contribution in [0, 0.1) is 5.92 Å². The summed E-state index contributed by atoms with van der Waals surface area (Å²) in [6, 6.07) is 1.79. The van der Waals surface area contributed by atoms with Gasteiger partial charge < -0.3 is 10.2 Å². The Morgan fingerprint density at radius 3 is 2.68 bits per heavy atom. The van der Waals surface area contributed by atoms with Crippen LogP contribution in [0.15, 0.2) is 34.3 Å². The van der Waals surface area contributed by atoms with Gasteiger partial charge in [-0.2, -0.15) is 0 Å². The molecule has 0 heterocycles. The molecule has 0 aliphatic heterocycles. The Hall–Kier alpha value is -1.22. The van der Waals surface area contributed by atoms with E-state index in [1.807, 2.05) is 6.92 Å². The molecule has 22 heavy (non-hydrogen) atoms. The summed E-state index contributed by atoms with van der Waals surface area (Å²) in [7, 11) is 0. The minimum atomic E-state index is -0.0155. The van der Waals surface area contributed by atoms with Crippen molar-refractivity contribution in [2.75, 3.05) is 0 Å². The largest absolute Gasteiger partial charge is 0.507 e. The zero-order valence-electron chi connectivity index (χ0n) is 13.6. The fraction of sp³-hybridized carbons (Fsp3) is 0.474. The van der Waals surface area contributed by atoms with E-state index < -0.39 is 0 Å². The summed E-state index contributed by atoms with van der Waals surface area (Å²) in [5.41, 5.74) is 3.97. The van der Waals surface area contributed by atoms with Crippen molar-refractivity contribution in [3.63, 3.8) is 0 Å². The molecule has 2 atom stereocenters. The third-order valence-corrected chi connectivity index (χ3v) is 5.45. The maximum atomic E-state index is 10.7. The van der Waals surface area contributed by atoms with E-state index in [9.17, 15) is 10.2 Å². The van der Waals surface area contributed by atoms with Gasteiger partial charge in [0.1, 0.15) is 11.5 Å². The molecule has 0 saturated carbocycles. The first-order chi connectivity index (χ1) is 10.4. The van der Waals surface area contributed by atoms with E-state index >= 15 is 0 Å². The van der Waals surface area contributed by atoms with E-state index in [0.717, 1.165) is 36.8 Å². The Labute approximate surface area is 141 Å². The Morgan fingerprint density at radius 1 is 1.41 bits per heavy atom. The molecule has 0 radical (unpaired) electrons. The van der Waals surface area contributed by atoms with Crippen molar-refractivity contribution in [1.29, 1.82) is 0 Å². The summed E-state index contributed by atoms with van der Waals surface area (Å²) in [4.78, 5) is 0. The van der Waals surface area contributed by atoms with Gasteiger partial charge in [0, 0.05) is 11.5 Å². The molecule has 1 aliphatic rings. The van der Waals surface area contributed by atoms with Crippen LogP contribution < -0.4 is 0 Å². The lowest BCUT2D eigenvalue weighted by atomic mass is 9.73. The first-order valence-corrected chi connectivity index (χ1v) is 8.72. The average molecular weight is 365 g/mol. The average Bonchev–Trinajstić information content (AvgIpc) is 2.44. The van der Waals surface area contributed by atoms with Gasteiger partial charge in [0.25, 0.3) is 0 Å². The molecule has 0 aromatic heterocycles. The molecule has 120 valence electrons. The number of hydrogen-bond acceptors (Lipinski definition) is 2. The minimum absolute atomic E-state index is 0.0155. The lowest BCUT2D eigenvalue weighted by Gasteiger charge is -2.31. The predicted octanol–water partition coefficient (Wildman–Crippen LogP) is 5.83. The zero-order valence-corrected chi connectivity index (χ0v) is 15.2. The number of aromatic hydroxyl groups is 2. The van der Waals surface area contributed by atoms with Crippen molar-refractivity contribution >= 4 is 15.9 Å². The number of aryl methyl sites for hydroxylation is 1. The molecule has 2 N–H and O–H groups in total. The third kappa shape index (κ3) is 3.24. The van der Waals surface area contributed by atoms with Gasteiger partial charge >= 0.3 is 0 Å². The molecule has 0 bridgehead atoms. The predicted molar refractivity (Wildman–Crippen MR) is 95.5 cm³/mol. The molecule has 1 unspecified atom stereocenters. The first kappa shape index (κ1) is 17.1. The van der Waals surface area contributed by atoms with Crippen LogP contribution in [-0.2, 0) is 6.42 Å². The normalized spacial score (nSPS) is 21.5. The maximum absolute atomic E-state index is 10.7. The number of rotatable bonds is 4. The molecule has 0 saturated heterocycles. The van der Waals surface area contributed by atoms with E-state index in [1.165, 1.54) is 5.57 Å². The van der Waals surface area contributed by atoms with Crippen LogP contribution in [0.3, 0.4) is 0 Å². The number of benzene rings is 1. The number of phenols is 2.